The lowest BCUT2D eigenvalue weighted by Crippen LogP contribution is -2.29. The molecule has 0 unspecified atom stereocenters. The van der Waals surface area contributed by atoms with Gasteiger partial charge in [0.2, 0.25) is 0 Å². The van der Waals surface area contributed by atoms with Crippen molar-refractivity contribution in [2.75, 3.05) is 0 Å². The Morgan fingerprint density at radius 3 is 2.38 bits per heavy atom. The van der Waals surface area contributed by atoms with Crippen molar-refractivity contribution in [1.29, 1.82) is 0 Å². The van der Waals surface area contributed by atoms with E-state index in [1.165, 1.54) is 18.3 Å². The fourth-order valence-corrected chi connectivity index (χ4v) is 3.22. The third kappa shape index (κ3) is 2.23. The molecule has 0 aliphatic rings. The minimum absolute atomic E-state index is 0.0398. The van der Waals surface area contributed by atoms with Gasteiger partial charge >= 0.3 is 0 Å². The standard InChI is InChI=1S/C15H12N2O3S/c1-11-6-8-13(9-7-11)21(19,20)17-15(18)14-5-3-2-4-12(14)10-16-17/h2-10H,1H3. The molecule has 5 nitrogen and oxygen atoms in total. The van der Waals surface area contributed by atoms with Crippen LogP contribution in [0.15, 0.2) is 64.4 Å². The highest BCUT2D eigenvalue weighted by Gasteiger charge is 2.20. The Hall–Kier alpha value is -2.47. The zero-order valence-corrected chi connectivity index (χ0v) is 12.0. The van der Waals surface area contributed by atoms with Gasteiger partial charge in [-0.25, -0.2) is 0 Å². The van der Waals surface area contributed by atoms with Gasteiger partial charge in [-0.2, -0.15) is 13.5 Å². The molecule has 21 heavy (non-hydrogen) atoms. The molecule has 0 saturated carbocycles. The Kier molecular flexibility index (Phi) is 3.10. The fourth-order valence-electron chi connectivity index (χ4n) is 2.06. The minimum Gasteiger partial charge on any atom is -0.266 e. The maximum Gasteiger partial charge on any atom is 0.289 e. The first-order valence-corrected chi connectivity index (χ1v) is 7.73. The predicted octanol–water partition coefficient (Wildman–Crippen LogP) is 1.94. The quantitative estimate of drug-likeness (QED) is 0.725. The lowest BCUT2D eigenvalue weighted by Gasteiger charge is -2.07. The van der Waals surface area contributed by atoms with E-state index in [2.05, 4.69) is 5.10 Å². The molecule has 1 aromatic heterocycles. The van der Waals surface area contributed by atoms with Gasteiger partial charge in [-0.3, -0.25) is 4.79 Å². The molecule has 0 atom stereocenters. The lowest BCUT2D eigenvalue weighted by molar-refractivity contribution is 0.576. The molecule has 6 heteroatoms. The third-order valence-corrected chi connectivity index (χ3v) is 4.80. The van der Waals surface area contributed by atoms with Crippen LogP contribution < -0.4 is 5.56 Å². The first-order chi connectivity index (χ1) is 10.00. The molecule has 1 heterocycles. The summed E-state index contributed by atoms with van der Waals surface area (Å²) < 4.78 is 25.6. The van der Waals surface area contributed by atoms with Crippen LogP contribution in [0.2, 0.25) is 0 Å². The molecule has 3 aromatic rings. The van der Waals surface area contributed by atoms with E-state index in [0.29, 0.717) is 14.9 Å². The summed E-state index contributed by atoms with van der Waals surface area (Å²) in [6, 6.07) is 13.0. The van der Waals surface area contributed by atoms with E-state index in [0.717, 1.165) is 5.56 Å². The van der Waals surface area contributed by atoms with Gasteiger partial charge in [-0.05, 0) is 25.1 Å². The number of fused-ring (bicyclic) bond motifs is 1. The van der Waals surface area contributed by atoms with E-state index in [1.54, 1.807) is 36.4 Å². The highest BCUT2D eigenvalue weighted by atomic mass is 32.2. The Morgan fingerprint density at radius 1 is 1.00 bits per heavy atom. The zero-order chi connectivity index (χ0) is 15.0. The number of nitrogens with zero attached hydrogens (tertiary/aromatic N) is 2. The van der Waals surface area contributed by atoms with E-state index in [4.69, 9.17) is 0 Å². The molecule has 0 aliphatic heterocycles. The molecule has 0 bridgehead atoms. The number of benzene rings is 2. The van der Waals surface area contributed by atoms with Crippen LogP contribution in [-0.4, -0.2) is 17.6 Å². The van der Waals surface area contributed by atoms with Gasteiger partial charge in [-0.15, -0.1) is 4.09 Å². The van der Waals surface area contributed by atoms with Gasteiger partial charge in [0.1, 0.15) is 0 Å². The average molecular weight is 300 g/mol. The molecule has 0 radical (unpaired) electrons. The van der Waals surface area contributed by atoms with Crippen molar-refractivity contribution in [2.24, 2.45) is 0 Å². The monoisotopic (exact) mass is 300 g/mol. The number of rotatable bonds is 2. The van der Waals surface area contributed by atoms with Crippen LogP contribution in [0.25, 0.3) is 10.8 Å². The van der Waals surface area contributed by atoms with Crippen LogP contribution >= 0.6 is 0 Å². The highest BCUT2D eigenvalue weighted by molar-refractivity contribution is 7.89. The van der Waals surface area contributed by atoms with Crippen molar-refractivity contribution in [3.05, 3.63) is 70.6 Å². The molecule has 0 amide bonds. The molecule has 0 aliphatic carbocycles. The first kappa shape index (κ1) is 13.5. The first-order valence-electron chi connectivity index (χ1n) is 6.29. The van der Waals surface area contributed by atoms with Crippen LogP contribution in [0, 0.1) is 6.92 Å². The summed E-state index contributed by atoms with van der Waals surface area (Å²) in [6.07, 6.45) is 1.38. The zero-order valence-electron chi connectivity index (χ0n) is 11.2. The van der Waals surface area contributed by atoms with Crippen molar-refractivity contribution in [3.63, 3.8) is 0 Å². The molecule has 0 spiro atoms. The van der Waals surface area contributed by atoms with Crippen molar-refractivity contribution in [3.8, 4) is 0 Å². The summed E-state index contributed by atoms with van der Waals surface area (Å²) in [4.78, 5) is 12.4. The van der Waals surface area contributed by atoms with Gasteiger partial charge < -0.3 is 0 Å². The van der Waals surface area contributed by atoms with Gasteiger partial charge in [0.15, 0.2) is 0 Å². The van der Waals surface area contributed by atoms with Gasteiger partial charge in [0.05, 0.1) is 16.5 Å². The van der Waals surface area contributed by atoms with Crippen molar-refractivity contribution < 1.29 is 8.42 Å². The number of hydrogen-bond donors (Lipinski definition) is 0. The van der Waals surface area contributed by atoms with Crippen molar-refractivity contribution in [2.45, 2.75) is 11.8 Å². The van der Waals surface area contributed by atoms with Gasteiger partial charge in [0, 0.05) is 5.39 Å². The van der Waals surface area contributed by atoms with Crippen molar-refractivity contribution in [1.82, 2.24) is 9.19 Å². The summed E-state index contributed by atoms with van der Waals surface area (Å²) in [5.74, 6) is 0. The summed E-state index contributed by atoms with van der Waals surface area (Å²) in [6.45, 7) is 1.86. The minimum atomic E-state index is -3.98. The Bertz CT molecular complexity index is 974. The van der Waals surface area contributed by atoms with E-state index >= 15 is 0 Å². The molecule has 0 saturated heterocycles. The van der Waals surface area contributed by atoms with E-state index in [9.17, 15) is 13.2 Å². The third-order valence-electron chi connectivity index (χ3n) is 3.21. The molecular weight excluding hydrogens is 288 g/mol. The molecule has 0 fully saturated rings. The summed E-state index contributed by atoms with van der Waals surface area (Å²) in [5, 5.41) is 4.72. The molecule has 0 N–H and O–H groups in total. The summed E-state index contributed by atoms with van der Waals surface area (Å²) in [5.41, 5.74) is 0.293. The largest absolute Gasteiger partial charge is 0.289 e. The van der Waals surface area contributed by atoms with Crippen molar-refractivity contribution >= 4 is 20.8 Å². The second-order valence-corrected chi connectivity index (χ2v) is 6.47. The lowest BCUT2D eigenvalue weighted by atomic mass is 10.2. The summed E-state index contributed by atoms with van der Waals surface area (Å²) >= 11 is 0. The second-order valence-electron chi connectivity index (χ2n) is 4.70. The van der Waals surface area contributed by atoms with Crippen LogP contribution in [0.5, 0.6) is 0 Å². The smallest absolute Gasteiger partial charge is 0.266 e. The van der Waals surface area contributed by atoms with Crippen LogP contribution in [-0.2, 0) is 10.0 Å². The number of hydrogen-bond acceptors (Lipinski definition) is 4. The van der Waals surface area contributed by atoms with Crippen LogP contribution in [0.4, 0.5) is 0 Å². The Balaban J connectivity index is 2.27. The van der Waals surface area contributed by atoms with E-state index in [1.807, 2.05) is 6.92 Å². The van der Waals surface area contributed by atoms with E-state index < -0.39 is 15.6 Å². The molecule has 106 valence electrons. The normalized spacial score (nSPS) is 11.7. The van der Waals surface area contributed by atoms with Crippen LogP contribution in [0.3, 0.4) is 0 Å². The molecule has 2 aromatic carbocycles. The van der Waals surface area contributed by atoms with E-state index in [-0.39, 0.29) is 4.90 Å². The molecular formula is C15H12N2O3S. The predicted molar refractivity (Wildman–Crippen MR) is 79.8 cm³/mol. The number of aromatic nitrogens is 2. The van der Waals surface area contributed by atoms with Gasteiger partial charge in [-0.1, -0.05) is 35.9 Å². The second kappa shape index (κ2) is 4.82. The molecule has 3 rings (SSSR count). The topological polar surface area (TPSA) is 69.0 Å². The summed E-state index contributed by atoms with van der Waals surface area (Å²) in [7, 11) is -3.98. The maximum atomic E-state index is 12.5. The average Bonchev–Trinajstić information content (AvgIpc) is 2.48. The SMILES string of the molecule is Cc1ccc(S(=O)(=O)n2ncc3ccccc3c2=O)cc1. The number of aryl methyl sites for hydroxylation is 1. The fraction of sp³-hybridized carbons (Fsp3) is 0.0667. The Labute approximate surface area is 121 Å². The Morgan fingerprint density at radius 2 is 1.67 bits per heavy atom. The highest BCUT2D eigenvalue weighted by Crippen LogP contribution is 2.14. The van der Waals surface area contributed by atoms with Gasteiger partial charge in [0.25, 0.3) is 15.6 Å². The van der Waals surface area contributed by atoms with Crippen LogP contribution in [0.1, 0.15) is 5.56 Å². The maximum absolute atomic E-state index is 12.5.